The standard InChI is InChI=1S/C9H13N3/c1-10-11-8-4-6-9(7-5-8)12(2)3/h4-7H,1-3H3/b11-10+. The number of anilines is 1. The van der Waals surface area contributed by atoms with Crippen molar-refractivity contribution in [3.63, 3.8) is 0 Å². The molecule has 1 aromatic rings. The number of nitrogens with zero attached hydrogens (tertiary/aromatic N) is 3. The second kappa shape index (κ2) is 3.85. The quantitative estimate of drug-likeness (QED) is 0.615. The average Bonchev–Trinajstić information content (AvgIpc) is 2.06. The first kappa shape index (κ1) is 8.71. The van der Waals surface area contributed by atoms with Gasteiger partial charge in [-0.2, -0.15) is 10.2 Å². The molecular formula is C9H13N3. The predicted octanol–water partition coefficient (Wildman–Crippen LogP) is 2.47. The van der Waals surface area contributed by atoms with Crippen LogP contribution in [-0.2, 0) is 0 Å². The van der Waals surface area contributed by atoms with Crippen LogP contribution in [0, 0.1) is 0 Å². The van der Waals surface area contributed by atoms with Gasteiger partial charge in [-0.15, -0.1) is 0 Å². The lowest BCUT2D eigenvalue weighted by molar-refractivity contribution is 1.12. The van der Waals surface area contributed by atoms with Gasteiger partial charge in [0.25, 0.3) is 0 Å². The normalized spacial score (nSPS) is 10.6. The summed E-state index contributed by atoms with van der Waals surface area (Å²) in [5, 5.41) is 7.61. The van der Waals surface area contributed by atoms with Crippen molar-refractivity contribution < 1.29 is 0 Å². The molecule has 1 rings (SSSR count). The minimum absolute atomic E-state index is 0.892. The number of benzene rings is 1. The SMILES string of the molecule is C/N=N/c1ccc(N(C)C)cc1. The van der Waals surface area contributed by atoms with Gasteiger partial charge in [-0.05, 0) is 24.3 Å². The van der Waals surface area contributed by atoms with E-state index in [9.17, 15) is 0 Å². The zero-order chi connectivity index (χ0) is 8.97. The monoisotopic (exact) mass is 163 g/mol. The van der Waals surface area contributed by atoms with Gasteiger partial charge in [-0.3, -0.25) is 0 Å². The van der Waals surface area contributed by atoms with Crippen LogP contribution in [0.5, 0.6) is 0 Å². The van der Waals surface area contributed by atoms with Gasteiger partial charge in [0, 0.05) is 26.8 Å². The fraction of sp³-hybridized carbons (Fsp3) is 0.333. The highest BCUT2D eigenvalue weighted by Gasteiger charge is 1.93. The molecule has 0 saturated carbocycles. The zero-order valence-electron chi connectivity index (χ0n) is 7.65. The molecule has 1 aromatic carbocycles. The lowest BCUT2D eigenvalue weighted by atomic mass is 10.3. The van der Waals surface area contributed by atoms with Crippen molar-refractivity contribution in [2.75, 3.05) is 26.0 Å². The fourth-order valence-electron chi connectivity index (χ4n) is 0.933. The van der Waals surface area contributed by atoms with E-state index in [-0.39, 0.29) is 0 Å². The molecule has 0 amide bonds. The van der Waals surface area contributed by atoms with Gasteiger partial charge in [0.2, 0.25) is 0 Å². The summed E-state index contributed by atoms with van der Waals surface area (Å²) in [7, 11) is 5.69. The summed E-state index contributed by atoms with van der Waals surface area (Å²) in [6, 6.07) is 7.93. The highest BCUT2D eigenvalue weighted by molar-refractivity contribution is 5.51. The molecule has 0 N–H and O–H groups in total. The lowest BCUT2D eigenvalue weighted by Crippen LogP contribution is -2.07. The number of hydrogen-bond acceptors (Lipinski definition) is 3. The summed E-state index contributed by atoms with van der Waals surface area (Å²) < 4.78 is 0. The highest BCUT2D eigenvalue weighted by Crippen LogP contribution is 2.17. The molecule has 0 aliphatic carbocycles. The van der Waals surface area contributed by atoms with Gasteiger partial charge in [0.1, 0.15) is 0 Å². The first-order chi connectivity index (χ1) is 5.74. The Morgan fingerprint density at radius 2 is 1.67 bits per heavy atom. The van der Waals surface area contributed by atoms with E-state index in [1.807, 2.05) is 43.3 Å². The maximum atomic E-state index is 3.91. The van der Waals surface area contributed by atoms with Crippen LogP contribution in [0.2, 0.25) is 0 Å². The lowest BCUT2D eigenvalue weighted by Gasteiger charge is -2.11. The van der Waals surface area contributed by atoms with Gasteiger partial charge in [-0.25, -0.2) is 0 Å². The molecular weight excluding hydrogens is 150 g/mol. The van der Waals surface area contributed by atoms with Crippen LogP contribution in [0.25, 0.3) is 0 Å². The zero-order valence-corrected chi connectivity index (χ0v) is 7.65. The van der Waals surface area contributed by atoms with Crippen molar-refractivity contribution in [1.82, 2.24) is 0 Å². The Kier molecular flexibility index (Phi) is 2.80. The first-order valence-electron chi connectivity index (χ1n) is 3.81. The topological polar surface area (TPSA) is 28.0 Å². The van der Waals surface area contributed by atoms with Crippen molar-refractivity contribution in [3.05, 3.63) is 24.3 Å². The summed E-state index contributed by atoms with van der Waals surface area (Å²) in [5.74, 6) is 0. The molecule has 0 aliphatic rings. The van der Waals surface area contributed by atoms with E-state index in [1.165, 1.54) is 5.69 Å². The molecule has 0 aromatic heterocycles. The van der Waals surface area contributed by atoms with E-state index < -0.39 is 0 Å². The molecule has 0 unspecified atom stereocenters. The second-order valence-electron chi connectivity index (χ2n) is 2.71. The van der Waals surface area contributed by atoms with Crippen molar-refractivity contribution >= 4 is 11.4 Å². The third kappa shape index (κ3) is 2.05. The van der Waals surface area contributed by atoms with Crippen LogP contribution >= 0.6 is 0 Å². The van der Waals surface area contributed by atoms with Crippen LogP contribution in [0.1, 0.15) is 0 Å². The van der Waals surface area contributed by atoms with Gasteiger partial charge < -0.3 is 4.90 Å². The summed E-state index contributed by atoms with van der Waals surface area (Å²) in [6.07, 6.45) is 0. The van der Waals surface area contributed by atoms with Crippen molar-refractivity contribution in [2.24, 2.45) is 10.2 Å². The van der Waals surface area contributed by atoms with Gasteiger partial charge in [0.05, 0.1) is 5.69 Å². The van der Waals surface area contributed by atoms with E-state index >= 15 is 0 Å². The Morgan fingerprint density at radius 3 is 2.08 bits per heavy atom. The van der Waals surface area contributed by atoms with E-state index in [4.69, 9.17) is 0 Å². The molecule has 0 aliphatic heterocycles. The van der Waals surface area contributed by atoms with Crippen molar-refractivity contribution in [2.45, 2.75) is 0 Å². The third-order valence-corrected chi connectivity index (χ3v) is 1.58. The third-order valence-electron chi connectivity index (χ3n) is 1.58. The maximum Gasteiger partial charge on any atom is 0.0853 e. The Hall–Kier alpha value is -1.38. The molecule has 0 atom stereocenters. The molecule has 0 radical (unpaired) electrons. The van der Waals surface area contributed by atoms with Crippen LogP contribution in [0.15, 0.2) is 34.5 Å². The van der Waals surface area contributed by atoms with Crippen molar-refractivity contribution in [3.8, 4) is 0 Å². The van der Waals surface area contributed by atoms with E-state index in [1.54, 1.807) is 7.05 Å². The molecule has 3 heteroatoms. The summed E-state index contributed by atoms with van der Waals surface area (Å²) in [5.41, 5.74) is 2.06. The number of azo groups is 1. The van der Waals surface area contributed by atoms with Gasteiger partial charge >= 0.3 is 0 Å². The van der Waals surface area contributed by atoms with Gasteiger partial charge in [-0.1, -0.05) is 0 Å². The van der Waals surface area contributed by atoms with Crippen LogP contribution in [-0.4, -0.2) is 21.1 Å². The second-order valence-corrected chi connectivity index (χ2v) is 2.71. The largest absolute Gasteiger partial charge is 0.378 e. The molecule has 0 bridgehead atoms. The van der Waals surface area contributed by atoms with E-state index in [2.05, 4.69) is 10.2 Å². The molecule has 0 spiro atoms. The molecule has 64 valence electrons. The molecule has 0 heterocycles. The Bertz CT molecular complexity index is 262. The van der Waals surface area contributed by atoms with Crippen LogP contribution in [0.4, 0.5) is 11.4 Å². The van der Waals surface area contributed by atoms with Gasteiger partial charge in [0.15, 0.2) is 0 Å². The van der Waals surface area contributed by atoms with E-state index in [0.29, 0.717) is 0 Å². The number of hydrogen-bond donors (Lipinski definition) is 0. The predicted molar refractivity (Wildman–Crippen MR) is 51.2 cm³/mol. The minimum atomic E-state index is 0.892. The highest BCUT2D eigenvalue weighted by atomic mass is 15.1. The summed E-state index contributed by atoms with van der Waals surface area (Å²) in [4.78, 5) is 2.05. The van der Waals surface area contributed by atoms with Crippen LogP contribution < -0.4 is 4.90 Å². The fourth-order valence-corrected chi connectivity index (χ4v) is 0.933. The maximum absolute atomic E-state index is 3.91. The average molecular weight is 163 g/mol. The molecule has 3 nitrogen and oxygen atoms in total. The van der Waals surface area contributed by atoms with E-state index in [0.717, 1.165) is 5.69 Å². The summed E-state index contributed by atoms with van der Waals surface area (Å²) >= 11 is 0. The number of rotatable bonds is 2. The minimum Gasteiger partial charge on any atom is -0.378 e. The smallest absolute Gasteiger partial charge is 0.0853 e. The Morgan fingerprint density at radius 1 is 1.08 bits per heavy atom. The Labute approximate surface area is 72.7 Å². The molecule has 12 heavy (non-hydrogen) atoms. The first-order valence-corrected chi connectivity index (χ1v) is 3.81. The van der Waals surface area contributed by atoms with Crippen LogP contribution in [0.3, 0.4) is 0 Å². The molecule has 0 fully saturated rings. The molecule has 0 saturated heterocycles. The summed E-state index contributed by atoms with van der Waals surface area (Å²) in [6.45, 7) is 0. The Balaban J connectivity index is 2.85. The van der Waals surface area contributed by atoms with Crippen molar-refractivity contribution in [1.29, 1.82) is 0 Å².